The zero-order valence-corrected chi connectivity index (χ0v) is 17.5. The second-order valence-corrected chi connectivity index (χ2v) is 9.70. The predicted octanol–water partition coefficient (Wildman–Crippen LogP) is 3.25. The summed E-state index contributed by atoms with van der Waals surface area (Å²) in [7, 11) is -3.61. The van der Waals surface area contributed by atoms with Gasteiger partial charge in [-0.3, -0.25) is 9.10 Å². The van der Waals surface area contributed by atoms with Crippen molar-refractivity contribution in [3.8, 4) is 0 Å². The normalized spacial score (nSPS) is 11.9. The molecule has 152 valence electrons. The molecule has 1 amide bonds. The van der Waals surface area contributed by atoms with Gasteiger partial charge < -0.3 is 5.32 Å². The van der Waals surface area contributed by atoms with Gasteiger partial charge in [0.25, 0.3) is 0 Å². The lowest BCUT2D eigenvalue weighted by Crippen LogP contribution is -2.41. The van der Waals surface area contributed by atoms with E-state index in [9.17, 15) is 17.6 Å². The van der Waals surface area contributed by atoms with Crippen LogP contribution in [0.5, 0.6) is 0 Å². The van der Waals surface area contributed by atoms with Crippen LogP contribution in [-0.2, 0) is 26.7 Å². The van der Waals surface area contributed by atoms with E-state index in [1.165, 1.54) is 12.1 Å². The van der Waals surface area contributed by atoms with Crippen molar-refractivity contribution >= 4 is 21.6 Å². The van der Waals surface area contributed by atoms with E-state index in [0.29, 0.717) is 18.7 Å². The van der Waals surface area contributed by atoms with Crippen molar-refractivity contribution < 1.29 is 17.6 Å². The SMILES string of the molecule is CC(C)(C)c1ccc(N(CC(=O)NCCc2ccc(F)cc2)S(C)(=O)=O)cc1. The van der Waals surface area contributed by atoms with Crippen LogP contribution in [0.25, 0.3) is 0 Å². The number of nitrogens with one attached hydrogen (secondary N) is 1. The van der Waals surface area contributed by atoms with Gasteiger partial charge >= 0.3 is 0 Å². The standard InChI is InChI=1S/C21H27FN2O3S/c1-21(2,3)17-7-11-19(12-8-17)24(28(4,26)27)15-20(25)23-14-13-16-5-9-18(22)10-6-16/h5-12H,13-15H2,1-4H3,(H,23,25). The van der Waals surface area contributed by atoms with Crippen LogP contribution in [-0.4, -0.2) is 33.7 Å². The van der Waals surface area contributed by atoms with Gasteiger partial charge in [-0.05, 0) is 47.2 Å². The molecule has 0 aliphatic carbocycles. The highest BCUT2D eigenvalue weighted by Gasteiger charge is 2.21. The maximum atomic E-state index is 12.9. The van der Waals surface area contributed by atoms with Crippen molar-refractivity contribution in [2.75, 3.05) is 23.7 Å². The second kappa shape index (κ2) is 8.73. The van der Waals surface area contributed by atoms with E-state index in [1.807, 2.05) is 12.1 Å². The van der Waals surface area contributed by atoms with E-state index in [4.69, 9.17) is 0 Å². The fraction of sp³-hybridized carbons (Fsp3) is 0.381. The molecule has 0 heterocycles. The summed E-state index contributed by atoms with van der Waals surface area (Å²) in [6, 6.07) is 13.2. The number of hydrogen-bond acceptors (Lipinski definition) is 3. The number of halogens is 1. The van der Waals surface area contributed by atoms with Gasteiger partial charge in [0.15, 0.2) is 0 Å². The molecule has 0 fully saturated rings. The Morgan fingerprint density at radius 2 is 1.61 bits per heavy atom. The molecular formula is C21H27FN2O3S. The number of sulfonamides is 1. The topological polar surface area (TPSA) is 66.5 Å². The lowest BCUT2D eigenvalue weighted by Gasteiger charge is -2.24. The summed E-state index contributed by atoms with van der Waals surface area (Å²) < 4.78 is 38.4. The number of rotatable bonds is 7. The average Bonchev–Trinajstić information content (AvgIpc) is 2.60. The highest BCUT2D eigenvalue weighted by molar-refractivity contribution is 7.92. The molecule has 2 rings (SSSR count). The molecule has 2 aromatic carbocycles. The molecule has 0 atom stereocenters. The van der Waals surface area contributed by atoms with Crippen molar-refractivity contribution in [2.24, 2.45) is 0 Å². The summed E-state index contributed by atoms with van der Waals surface area (Å²) in [6.07, 6.45) is 1.61. The van der Waals surface area contributed by atoms with Gasteiger partial charge in [0.1, 0.15) is 12.4 Å². The Labute approximate surface area is 166 Å². The van der Waals surface area contributed by atoms with Crippen LogP contribution in [0.15, 0.2) is 48.5 Å². The maximum Gasteiger partial charge on any atom is 0.240 e. The van der Waals surface area contributed by atoms with E-state index < -0.39 is 15.9 Å². The molecule has 0 bridgehead atoms. The summed E-state index contributed by atoms with van der Waals surface area (Å²) in [5, 5.41) is 2.71. The largest absolute Gasteiger partial charge is 0.354 e. The monoisotopic (exact) mass is 406 g/mol. The summed E-state index contributed by atoms with van der Waals surface area (Å²) in [5.74, 6) is -0.707. The second-order valence-electron chi connectivity index (χ2n) is 7.79. The molecule has 0 spiro atoms. The first kappa shape index (κ1) is 21.9. The van der Waals surface area contributed by atoms with Crippen molar-refractivity contribution in [3.05, 3.63) is 65.5 Å². The molecule has 7 heteroatoms. The summed E-state index contributed by atoms with van der Waals surface area (Å²) in [4.78, 5) is 12.3. The van der Waals surface area contributed by atoms with Crippen LogP contribution in [0.1, 0.15) is 31.9 Å². The number of carbonyl (C=O) groups is 1. The smallest absolute Gasteiger partial charge is 0.240 e. The third-order valence-corrected chi connectivity index (χ3v) is 5.50. The Kier molecular flexibility index (Phi) is 6.82. The molecule has 0 unspecified atom stereocenters. The Hall–Kier alpha value is -2.41. The lowest BCUT2D eigenvalue weighted by atomic mass is 9.87. The minimum Gasteiger partial charge on any atom is -0.354 e. The zero-order valence-electron chi connectivity index (χ0n) is 16.7. The summed E-state index contributed by atoms with van der Waals surface area (Å²) in [5.41, 5.74) is 2.36. The predicted molar refractivity (Wildman–Crippen MR) is 110 cm³/mol. The minimum absolute atomic E-state index is 0.0494. The van der Waals surface area contributed by atoms with Gasteiger partial charge in [0.05, 0.1) is 11.9 Å². The number of carbonyl (C=O) groups excluding carboxylic acids is 1. The van der Waals surface area contributed by atoms with Crippen LogP contribution in [0.2, 0.25) is 0 Å². The lowest BCUT2D eigenvalue weighted by molar-refractivity contribution is -0.119. The first-order chi connectivity index (χ1) is 13.0. The number of amides is 1. The Balaban J connectivity index is 2.01. The van der Waals surface area contributed by atoms with Crippen molar-refractivity contribution in [1.82, 2.24) is 5.32 Å². The molecule has 0 saturated heterocycles. The highest BCUT2D eigenvalue weighted by Crippen LogP contribution is 2.25. The van der Waals surface area contributed by atoms with Crippen LogP contribution >= 0.6 is 0 Å². The van der Waals surface area contributed by atoms with Gasteiger partial charge in [-0.25, -0.2) is 12.8 Å². The number of hydrogen-bond donors (Lipinski definition) is 1. The average molecular weight is 407 g/mol. The third kappa shape index (κ3) is 6.34. The van der Waals surface area contributed by atoms with Gasteiger partial charge in [0.2, 0.25) is 15.9 Å². The molecule has 0 aliphatic heterocycles. The van der Waals surface area contributed by atoms with Crippen LogP contribution < -0.4 is 9.62 Å². The Morgan fingerprint density at radius 1 is 1.04 bits per heavy atom. The van der Waals surface area contributed by atoms with E-state index in [0.717, 1.165) is 21.7 Å². The minimum atomic E-state index is -3.61. The highest BCUT2D eigenvalue weighted by atomic mass is 32.2. The molecule has 0 radical (unpaired) electrons. The molecule has 1 N–H and O–H groups in total. The van der Waals surface area contributed by atoms with Gasteiger partial charge in [-0.1, -0.05) is 45.0 Å². The van der Waals surface area contributed by atoms with Crippen molar-refractivity contribution in [2.45, 2.75) is 32.6 Å². The number of anilines is 1. The quantitative estimate of drug-likeness (QED) is 0.768. The molecule has 28 heavy (non-hydrogen) atoms. The van der Waals surface area contributed by atoms with E-state index in [2.05, 4.69) is 26.1 Å². The van der Waals surface area contributed by atoms with E-state index >= 15 is 0 Å². The molecule has 2 aromatic rings. The maximum absolute atomic E-state index is 12.9. The molecule has 5 nitrogen and oxygen atoms in total. The zero-order chi connectivity index (χ0) is 20.9. The summed E-state index contributed by atoms with van der Waals surface area (Å²) in [6.45, 7) is 6.27. The van der Waals surface area contributed by atoms with E-state index in [-0.39, 0.29) is 17.8 Å². The fourth-order valence-electron chi connectivity index (χ4n) is 2.71. The van der Waals surface area contributed by atoms with Gasteiger partial charge in [-0.15, -0.1) is 0 Å². The van der Waals surface area contributed by atoms with Crippen LogP contribution in [0, 0.1) is 5.82 Å². The summed E-state index contributed by atoms with van der Waals surface area (Å²) >= 11 is 0. The van der Waals surface area contributed by atoms with E-state index in [1.54, 1.807) is 24.3 Å². The number of benzene rings is 2. The Bertz CT molecular complexity index is 902. The number of nitrogens with zero attached hydrogens (tertiary/aromatic N) is 1. The molecule has 0 saturated carbocycles. The van der Waals surface area contributed by atoms with Crippen LogP contribution in [0.3, 0.4) is 0 Å². The first-order valence-electron chi connectivity index (χ1n) is 9.06. The van der Waals surface area contributed by atoms with Crippen molar-refractivity contribution in [1.29, 1.82) is 0 Å². The Morgan fingerprint density at radius 3 is 2.11 bits per heavy atom. The molecule has 0 aromatic heterocycles. The molecule has 0 aliphatic rings. The van der Waals surface area contributed by atoms with Gasteiger partial charge in [-0.2, -0.15) is 0 Å². The van der Waals surface area contributed by atoms with Crippen LogP contribution in [0.4, 0.5) is 10.1 Å². The molecular weight excluding hydrogens is 379 g/mol. The van der Waals surface area contributed by atoms with Gasteiger partial charge in [0, 0.05) is 6.54 Å². The third-order valence-electron chi connectivity index (χ3n) is 4.36. The van der Waals surface area contributed by atoms with Crippen molar-refractivity contribution in [3.63, 3.8) is 0 Å². The first-order valence-corrected chi connectivity index (χ1v) is 10.9. The fourth-order valence-corrected chi connectivity index (χ4v) is 3.57.